The highest BCUT2D eigenvalue weighted by Gasteiger charge is 2.16. The zero-order valence-corrected chi connectivity index (χ0v) is 12.2. The standard InChI is InChI=1S/C14H21ClN2O2/c1-3-5-13(16)14(18)17(2)8-9-19-12-7-4-6-11(15)10-12/h4,6-7,10,13H,3,5,8-9,16H2,1-2H3. The number of rotatable bonds is 7. The van der Waals surface area contributed by atoms with Crippen molar-refractivity contribution in [3.05, 3.63) is 29.3 Å². The lowest BCUT2D eigenvalue weighted by Gasteiger charge is -2.21. The van der Waals surface area contributed by atoms with Crippen LogP contribution in [0.5, 0.6) is 5.75 Å². The van der Waals surface area contributed by atoms with Crippen LogP contribution in [0.2, 0.25) is 5.02 Å². The monoisotopic (exact) mass is 284 g/mol. The van der Waals surface area contributed by atoms with E-state index in [-0.39, 0.29) is 5.91 Å². The first-order chi connectivity index (χ1) is 9.04. The number of nitrogens with zero attached hydrogens (tertiary/aromatic N) is 1. The minimum atomic E-state index is -0.416. The summed E-state index contributed by atoms with van der Waals surface area (Å²) in [5.74, 6) is 0.655. The molecule has 5 heteroatoms. The van der Waals surface area contributed by atoms with Crippen LogP contribution >= 0.6 is 11.6 Å². The molecule has 0 spiro atoms. The second-order valence-electron chi connectivity index (χ2n) is 4.46. The number of likely N-dealkylation sites (N-methyl/N-ethyl adjacent to an activating group) is 1. The number of carbonyl (C=O) groups is 1. The van der Waals surface area contributed by atoms with E-state index in [1.807, 2.05) is 19.1 Å². The fourth-order valence-corrected chi connectivity index (χ4v) is 1.87. The summed E-state index contributed by atoms with van der Waals surface area (Å²) in [4.78, 5) is 13.5. The van der Waals surface area contributed by atoms with Gasteiger partial charge in [0, 0.05) is 12.1 Å². The summed E-state index contributed by atoms with van der Waals surface area (Å²) in [7, 11) is 1.74. The topological polar surface area (TPSA) is 55.6 Å². The lowest BCUT2D eigenvalue weighted by atomic mass is 10.1. The third-order valence-corrected chi connectivity index (χ3v) is 3.02. The maximum absolute atomic E-state index is 11.9. The van der Waals surface area contributed by atoms with E-state index >= 15 is 0 Å². The molecule has 0 saturated carbocycles. The summed E-state index contributed by atoms with van der Waals surface area (Å²) in [6, 6.07) is 6.77. The number of ether oxygens (including phenoxy) is 1. The number of hydrogen-bond donors (Lipinski definition) is 1. The lowest BCUT2D eigenvalue weighted by molar-refractivity contribution is -0.131. The van der Waals surface area contributed by atoms with Crippen LogP contribution in [0, 0.1) is 0 Å². The highest BCUT2D eigenvalue weighted by Crippen LogP contribution is 2.16. The zero-order chi connectivity index (χ0) is 14.3. The third kappa shape index (κ3) is 5.49. The van der Waals surface area contributed by atoms with Crippen molar-refractivity contribution in [2.24, 2.45) is 5.73 Å². The molecule has 0 heterocycles. The molecule has 2 N–H and O–H groups in total. The van der Waals surface area contributed by atoms with E-state index in [9.17, 15) is 4.79 Å². The van der Waals surface area contributed by atoms with Gasteiger partial charge in [0.15, 0.2) is 0 Å². The SMILES string of the molecule is CCCC(N)C(=O)N(C)CCOc1cccc(Cl)c1. The van der Waals surface area contributed by atoms with Crippen LogP contribution in [0.25, 0.3) is 0 Å². The van der Waals surface area contributed by atoms with Gasteiger partial charge in [0.1, 0.15) is 12.4 Å². The Bertz CT molecular complexity index is 412. The van der Waals surface area contributed by atoms with Crippen molar-refractivity contribution < 1.29 is 9.53 Å². The van der Waals surface area contributed by atoms with Crippen LogP contribution in [0.1, 0.15) is 19.8 Å². The Labute approximate surface area is 119 Å². The van der Waals surface area contributed by atoms with E-state index in [1.165, 1.54) is 0 Å². The summed E-state index contributed by atoms with van der Waals surface area (Å²) in [5, 5.41) is 0.631. The van der Waals surface area contributed by atoms with Crippen LogP contribution in [0.4, 0.5) is 0 Å². The summed E-state index contributed by atoms with van der Waals surface area (Å²) in [6.07, 6.45) is 1.61. The van der Waals surface area contributed by atoms with Crippen molar-refractivity contribution in [2.75, 3.05) is 20.2 Å². The second-order valence-corrected chi connectivity index (χ2v) is 4.90. The second kappa shape index (κ2) is 8.02. The Balaban J connectivity index is 2.34. The predicted octanol–water partition coefficient (Wildman–Crippen LogP) is 2.30. The number of carbonyl (C=O) groups excluding carboxylic acids is 1. The fourth-order valence-electron chi connectivity index (χ4n) is 1.68. The van der Waals surface area contributed by atoms with Crippen LogP contribution in [-0.2, 0) is 4.79 Å². The summed E-state index contributed by atoms with van der Waals surface area (Å²) < 4.78 is 5.53. The van der Waals surface area contributed by atoms with Gasteiger partial charge in [-0.2, -0.15) is 0 Å². The Morgan fingerprint density at radius 2 is 2.26 bits per heavy atom. The van der Waals surface area contributed by atoms with Crippen molar-refractivity contribution in [1.29, 1.82) is 0 Å². The number of benzene rings is 1. The normalized spacial score (nSPS) is 12.0. The van der Waals surface area contributed by atoms with E-state index in [1.54, 1.807) is 24.1 Å². The van der Waals surface area contributed by atoms with Gasteiger partial charge >= 0.3 is 0 Å². The number of halogens is 1. The van der Waals surface area contributed by atoms with Gasteiger partial charge in [-0.25, -0.2) is 0 Å². The predicted molar refractivity (Wildman–Crippen MR) is 77.5 cm³/mol. The molecule has 1 atom stereocenters. The van der Waals surface area contributed by atoms with Gasteiger partial charge in [-0.05, 0) is 24.6 Å². The number of nitrogens with two attached hydrogens (primary N) is 1. The van der Waals surface area contributed by atoms with E-state index in [0.29, 0.717) is 30.3 Å². The summed E-state index contributed by atoms with van der Waals surface area (Å²) in [5.41, 5.74) is 5.78. The molecule has 0 aliphatic carbocycles. The smallest absolute Gasteiger partial charge is 0.239 e. The fraction of sp³-hybridized carbons (Fsp3) is 0.500. The van der Waals surface area contributed by atoms with Gasteiger partial charge in [-0.3, -0.25) is 4.79 Å². The first kappa shape index (κ1) is 15.8. The minimum Gasteiger partial charge on any atom is -0.492 e. The average Bonchev–Trinajstić information content (AvgIpc) is 2.38. The van der Waals surface area contributed by atoms with Gasteiger partial charge in [0.2, 0.25) is 5.91 Å². The molecule has 1 aromatic rings. The van der Waals surface area contributed by atoms with Crippen LogP contribution in [0.3, 0.4) is 0 Å². The quantitative estimate of drug-likeness (QED) is 0.836. The Morgan fingerprint density at radius 3 is 2.89 bits per heavy atom. The van der Waals surface area contributed by atoms with Gasteiger partial charge in [-0.1, -0.05) is 31.0 Å². The molecule has 1 aromatic carbocycles. The molecule has 0 aliphatic rings. The molecule has 0 aliphatic heterocycles. The van der Waals surface area contributed by atoms with Crippen LogP contribution in [0.15, 0.2) is 24.3 Å². The maximum atomic E-state index is 11.9. The van der Waals surface area contributed by atoms with E-state index in [0.717, 1.165) is 6.42 Å². The largest absolute Gasteiger partial charge is 0.492 e. The third-order valence-electron chi connectivity index (χ3n) is 2.78. The molecule has 106 valence electrons. The summed E-state index contributed by atoms with van der Waals surface area (Å²) in [6.45, 7) is 2.93. The molecule has 0 fully saturated rings. The summed E-state index contributed by atoms with van der Waals surface area (Å²) >= 11 is 5.85. The van der Waals surface area contributed by atoms with Crippen molar-refractivity contribution in [1.82, 2.24) is 4.90 Å². The van der Waals surface area contributed by atoms with Crippen molar-refractivity contribution in [3.63, 3.8) is 0 Å². The van der Waals surface area contributed by atoms with Crippen LogP contribution < -0.4 is 10.5 Å². The highest BCUT2D eigenvalue weighted by atomic mass is 35.5. The molecular formula is C14H21ClN2O2. The van der Waals surface area contributed by atoms with Crippen LogP contribution in [-0.4, -0.2) is 37.0 Å². The van der Waals surface area contributed by atoms with Crippen molar-refractivity contribution in [2.45, 2.75) is 25.8 Å². The van der Waals surface area contributed by atoms with Crippen molar-refractivity contribution >= 4 is 17.5 Å². The van der Waals surface area contributed by atoms with Crippen molar-refractivity contribution in [3.8, 4) is 5.75 Å². The number of hydrogen-bond acceptors (Lipinski definition) is 3. The Morgan fingerprint density at radius 1 is 1.53 bits per heavy atom. The van der Waals surface area contributed by atoms with Gasteiger partial charge < -0.3 is 15.4 Å². The van der Waals surface area contributed by atoms with Gasteiger partial charge in [0.05, 0.1) is 12.6 Å². The van der Waals surface area contributed by atoms with E-state index < -0.39 is 6.04 Å². The minimum absolute atomic E-state index is 0.0449. The average molecular weight is 285 g/mol. The zero-order valence-electron chi connectivity index (χ0n) is 11.4. The number of amides is 1. The first-order valence-corrected chi connectivity index (χ1v) is 6.81. The van der Waals surface area contributed by atoms with E-state index in [4.69, 9.17) is 22.1 Å². The highest BCUT2D eigenvalue weighted by molar-refractivity contribution is 6.30. The molecule has 0 radical (unpaired) electrons. The molecule has 19 heavy (non-hydrogen) atoms. The molecule has 4 nitrogen and oxygen atoms in total. The van der Waals surface area contributed by atoms with Gasteiger partial charge in [-0.15, -0.1) is 0 Å². The molecule has 1 rings (SSSR count). The molecule has 0 bridgehead atoms. The Hall–Kier alpha value is -1.26. The van der Waals surface area contributed by atoms with E-state index in [2.05, 4.69) is 0 Å². The molecular weight excluding hydrogens is 264 g/mol. The first-order valence-electron chi connectivity index (χ1n) is 6.43. The molecule has 0 saturated heterocycles. The maximum Gasteiger partial charge on any atom is 0.239 e. The molecule has 1 unspecified atom stereocenters. The molecule has 1 amide bonds. The lowest BCUT2D eigenvalue weighted by Crippen LogP contribution is -2.43. The molecule has 0 aromatic heterocycles. The van der Waals surface area contributed by atoms with Gasteiger partial charge in [0.25, 0.3) is 0 Å². The Kier molecular flexibility index (Phi) is 6.67.